The number of rotatable bonds is 5. The number of aryl methyl sites for hydroxylation is 1. The summed E-state index contributed by atoms with van der Waals surface area (Å²) >= 11 is 0. The van der Waals surface area contributed by atoms with Gasteiger partial charge in [-0.25, -0.2) is 17.2 Å². The maximum absolute atomic E-state index is 15.0. The van der Waals surface area contributed by atoms with Gasteiger partial charge in [0.2, 0.25) is 11.8 Å². The van der Waals surface area contributed by atoms with Crippen molar-refractivity contribution in [1.29, 1.82) is 0 Å². The summed E-state index contributed by atoms with van der Waals surface area (Å²) in [6.07, 6.45) is -12.8. The van der Waals surface area contributed by atoms with Crippen LogP contribution in [0.25, 0.3) is 0 Å². The smallest absolute Gasteiger partial charge is 0.343 e. The summed E-state index contributed by atoms with van der Waals surface area (Å²) in [6.45, 7) is 2.11. The standard InChI is InChI=1S/C29H28F8N2O4S/c1-17(40)38-12-10-18(16-38)14-25(41)39-13-11-26(44(42,43)22-6-4-21(30)5-7-22)23-8-3-20(15-19(23)2-9-24(26)39)27(31,28(32,33)34)29(35,36)37/h3-8,15,18,24H,2,9-14,16H2,1H3/t18-,24-,26-/m0/s1. The van der Waals surface area contributed by atoms with E-state index in [9.17, 15) is 53.1 Å². The van der Waals surface area contributed by atoms with Gasteiger partial charge in [0.05, 0.1) is 10.9 Å². The molecule has 2 aliphatic heterocycles. The minimum absolute atomic E-state index is 0.000285. The number of hydrogen-bond donors (Lipinski definition) is 0. The van der Waals surface area contributed by atoms with E-state index < -0.39 is 55.9 Å². The number of nitrogens with zero attached hydrogens (tertiary/aromatic N) is 2. The van der Waals surface area contributed by atoms with Crippen LogP contribution in [0.5, 0.6) is 0 Å². The normalized spacial score (nSPS) is 24.3. The molecule has 0 radical (unpaired) electrons. The van der Waals surface area contributed by atoms with Crippen LogP contribution in [-0.4, -0.2) is 68.1 Å². The topological polar surface area (TPSA) is 74.8 Å². The predicted octanol–water partition coefficient (Wildman–Crippen LogP) is 5.59. The molecule has 0 spiro atoms. The lowest BCUT2D eigenvalue weighted by Gasteiger charge is -2.43. The van der Waals surface area contributed by atoms with Crippen molar-refractivity contribution >= 4 is 21.7 Å². The van der Waals surface area contributed by atoms with E-state index in [2.05, 4.69) is 0 Å². The minimum atomic E-state index is -6.36. The number of likely N-dealkylation sites (tertiary alicyclic amines) is 2. The molecule has 240 valence electrons. The van der Waals surface area contributed by atoms with E-state index in [-0.39, 0.29) is 60.1 Å². The lowest BCUT2D eigenvalue weighted by molar-refractivity contribution is -0.348. The molecule has 0 bridgehead atoms. The zero-order valence-electron chi connectivity index (χ0n) is 23.3. The Labute approximate surface area is 247 Å². The average Bonchev–Trinajstić information content (AvgIpc) is 3.57. The Bertz CT molecular complexity index is 1560. The van der Waals surface area contributed by atoms with E-state index in [1.54, 1.807) is 4.90 Å². The van der Waals surface area contributed by atoms with Crippen molar-refractivity contribution in [2.45, 2.75) is 72.7 Å². The lowest BCUT2D eigenvalue weighted by Crippen LogP contribution is -2.53. The number of fused-ring (bicyclic) bond motifs is 3. The van der Waals surface area contributed by atoms with Crippen LogP contribution in [0.2, 0.25) is 0 Å². The zero-order chi connectivity index (χ0) is 32.5. The lowest BCUT2D eigenvalue weighted by atomic mass is 9.76. The summed E-state index contributed by atoms with van der Waals surface area (Å²) in [4.78, 5) is 27.9. The molecule has 5 rings (SSSR count). The quantitative estimate of drug-likeness (QED) is 0.312. The summed E-state index contributed by atoms with van der Waals surface area (Å²) in [5.41, 5.74) is -7.79. The van der Waals surface area contributed by atoms with E-state index in [1.807, 2.05) is 0 Å². The molecular formula is C29H28F8N2O4S. The third kappa shape index (κ3) is 4.85. The Morgan fingerprint density at radius 2 is 1.57 bits per heavy atom. The number of amides is 2. The number of halogens is 8. The second-order valence-corrected chi connectivity index (χ2v) is 13.8. The first-order chi connectivity index (χ1) is 20.3. The van der Waals surface area contributed by atoms with Crippen molar-refractivity contribution in [2.75, 3.05) is 19.6 Å². The highest BCUT2D eigenvalue weighted by atomic mass is 32.2. The van der Waals surface area contributed by atoms with Crippen molar-refractivity contribution < 1.29 is 53.1 Å². The molecule has 6 nitrogen and oxygen atoms in total. The Balaban J connectivity index is 1.60. The summed E-state index contributed by atoms with van der Waals surface area (Å²) in [5.74, 6) is -1.48. The van der Waals surface area contributed by atoms with Crippen LogP contribution in [0.4, 0.5) is 35.1 Å². The van der Waals surface area contributed by atoms with Crippen molar-refractivity contribution in [3.63, 3.8) is 0 Å². The Hall–Kier alpha value is -3.23. The minimum Gasteiger partial charge on any atom is -0.343 e. The fourth-order valence-electron chi connectivity index (χ4n) is 7.00. The number of carbonyl (C=O) groups is 2. The molecule has 44 heavy (non-hydrogen) atoms. The summed E-state index contributed by atoms with van der Waals surface area (Å²) in [6, 6.07) is 4.21. The van der Waals surface area contributed by atoms with Crippen LogP contribution in [0.15, 0.2) is 47.4 Å². The fourth-order valence-corrected chi connectivity index (χ4v) is 9.37. The van der Waals surface area contributed by atoms with Crippen LogP contribution in [0.1, 0.15) is 49.3 Å². The maximum Gasteiger partial charge on any atom is 0.435 e. The van der Waals surface area contributed by atoms with Gasteiger partial charge < -0.3 is 9.80 Å². The van der Waals surface area contributed by atoms with Gasteiger partial charge in [-0.3, -0.25) is 9.59 Å². The highest BCUT2D eigenvalue weighted by Crippen LogP contribution is 2.56. The van der Waals surface area contributed by atoms with Gasteiger partial charge in [-0.05, 0) is 67.0 Å². The molecule has 2 saturated heterocycles. The van der Waals surface area contributed by atoms with Gasteiger partial charge in [0.1, 0.15) is 10.6 Å². The molecular weight excluding hydrogens is 624 g/mol. The second-order valence-electron chi connectivity index (χ2n) is 11.6. The van der Waals surface area contributed by atoms with Crippen LogP contribution in [0, 0.1) is 11.7 Å². The number of carbonyl (C=O) groups excluding carboxylic acids is 2. The zero-order valence-corrected chi connectivity index (χ0v) is 24.1. The van der Waals surface area contributed by atoms with Gasteiger partial charge in [-0.15, -0.1) is 0 Å². The van der Waals surface area contributed by atoms with Gasteiger partial charge in [-0.2, -0.15) is 26.3 Å². The molecule has 3 atom stereocenters. The summed E-state index contributed by atoms with van der Waals surface area (Å²) in [5, 5.41) is 0. The molecule has 3 aliphatic rings. The number of benzene rings is 2. The van der Waals surface area contributed by atoms with Crippen LogP contribution in [-0.2, 0) is 36.3 Å². The van der Waals surface area contributed by atoms with Crippen molar-refractivity contribution in [2.24, 2.45) is 5.92 Å². The van der Waals surface area contributed by atoms with Crippen molar-refractivity contribution in [3.05, 3.63) is 65.0 Å². The molecule has 0 unspecified atom stereocenters. The third-order valence-corrected chi connectivity index (χ3v) is 11.7. The largest absolute Gasteiger partial charge is 0.435 e. The van der Waals surface area contributed by atoms with Gasteiger partial charge in [-0.1, -0.05) is 18.2 Å². The highest BCUT2D eigenvalue weighted by Gasteiger charge is 2.74. The second kappa shape index (κ2) is 10.7. The van der Waals surface area contributed by atoms with Gasteiger partial charge in [0.15, 0.2) is 9.84 Å². The Morgan fingerprint density at radius 3 is 2.14 bits per heavy atom. The average molecular weight is 653 g/mol. The van der Waals surface area contributed by atoms with Gasteiger partial charge in [0.25, 0.3) is 0 Å². The van der Waals surface area contributed by atoms with Gasteiger partial charge >= 0.3 is 18.0 Å². The molecule has 0 aromatic heterocycles. The number of hydrogen-bond acceptors (Lipinski definition) is 4. The fraction of sp³-hybridized carbons (Fsp3) is 0.517. The molecule has 0 saturated carbocycles. The SMILES string of the molecule is CC(=O)N1CC[C@@H](CC(=O)N2CC[C@]3(S(=O)(=O)c4ccc(F)cc4)c4ccc(C(F)(C(F)(F)F)C(F)(F)F)cc4CC[C@H]23)C1. The molecule has 1 aliphatic carbocycles. The molecule has 0 N–H and O–H groups in total. The Morgan fingerprint density at radius 1 is 0.932 bits per heavy atom. The van der Waals surface area contributed by atoms with E-state index >= 15 is 0 Å². The first kappa shape index (κ1) is 32.2. The van der Waals surface area contributed by atoms with E-state index in [0.717, 1.165) is 30.3 Å². The van der Waals surface area contributed by atoms with Crippen molar-refractivity contribution in [1.82, 2.24) is 9.80 Å². The molecule has 2 heterocycles. The van der Waals surface area contributed by atoms with E-state index in [4.69, 9.17) is 0 Å². The first-order valence-electron chi connectivity index (χ1n) is 13.9. The number of sulfone groups is 1. The molecule has 15 heteroatoms. The highest BCUT2D eigenvalue weighted by molar-refractivity contribution is 7.92. The molecule has 2 amide bonds. The predicted molar refractivity (Wildman–Crippen MR) is 140 cm³/mol. The van der Waals surface area contributed by atoms with Crippen LogP contribution in [0.3, 0.4) is 0 Å². The monoisotopic (exact) mass is 652 g/mol. The van der Waals surface area contributed by atoms with E-state index in [0.29, 0.717) is 31.6 Å². The van der Waals surface area contributed by atoms with Crippen LogP contribution < -0.4 is 0 Å². The first-order valence-corrected chi connectivity index (χ1v) is 15.3. The van der Waals surface area contributed by atoms with E-state index in [1.165, 1.54) is 11.8 Å². The molecule has 2 aromatic rings. The molecule has 2 fully saturated rings. The Kier molecular flexibility index (Phi) is 7.82. The van der Waals surface area contributed by atoms with Crippen LogP contribution >= 0.6 is 0 Å². The summed E-state index contributed by atoms with van der Waals surface area (Å²) in [7, 11) is -4.56. The maximum atomic E-state index is 15.0. The van der Waals surface area contributed by atoms with Gasteiger partial charge in [0, 0.05) is 38.5 Å². The third-order valence-electron chi connectivity index (χ3n) is 9.18. The number of alkyl halides is 7. The summed E-state index contributed by atoms with van der Waals surface area (Å²) < 4.78 is 137. The van der Waals surface area contributed by atoms with Crippen molar-refractivity contribution in [3.8, 4) is 0 Å². The molecule has 2 aromatic carbocycles.